The molecular formula is C19H28N2O3. The third-order valence-corrected chi connectivity index (χ3v) is 5.27. The number of amides is 1. The molecule has 0 saturated carbocycles. The lowest BCUT2D eigenvalue weighted by Crippen LogP contribution is -2.46. The van der Waals surface area contributed by atoms with Gasteiger partial charge in [-0.15, -0.1) is 0 Å². The molecule has 2 aliphatic heterocycles. The SMILES string of the molecule is COc1ccccc1CCC(=O)N1C[C@H](O)[C@@H](N2CCCCC2)C1. The van der Waals surface area contributed by atoms with E-state index in [9.17, 15) is 9.90 Å². The fourth-order valence-corrected chi connectivity index (χ4v) is 3.89. The number of β-amino-alcohol motifs (C(OH)–C–C–N with tert-alkyl or cyclic N) is 1. The molecule has 2 atom stereocenters. The Morgan fingerprint density at radius 3 is 2.71 bits per heavy atom. The molecule has 2 fully saturated rings. The molecular weight excluding hydrogens is 304 g/mol. The van der Waals surface area contributed by atoms with Gasteiger partial charge in [-0.2, -0.15) is 0 Å². The van der Waals surface area contributed by atoms with Gasteiger partial charge in [0.05, 0.1) is 19.3 Å². The molecule has 1 aromatic rings. The number of likely N-dealkylation sites (tertiary alicyclic amines) is 2. The first kappa shape index (κ1) is 17.2. The number of hydrogen-bond acceptors (Lipinski definition) is 4. The number of hydrogen-bond donors (Lipinski definition) is 1. The van der Waals surface area contributed by atoms with Crippen molar-refractivity contribution in [3.8, 4) is 5.75 Å². The van der Waals surface area contributed by atoms with E-state index in [1.54, 1.807) is 7.11 Å². The zero-order chi connectivity index (χ0) is 16.9. The Bertz CT molecular complexity index is 557. The molecule has 0 spiro atoms. The van der Waals surface area contributed by atoms with E-state index < -0.39 is 6.10 Å². The number of para-hydroxylation sites is 1. The van der Waals surface area contributed by atoms with Gasteiger partial charge in [0.25, 0.3) is 0 Å². The highest BCUT2D eigenvalue weighted by atomic mass is 16.5. The predicted molar refractivity (Wildman–Crippen MR) is 93.1 cm³/mol. The Labute approximate surface area is 144 Å². The number of carbonyl (C=O) groups excluding carboxylic acids is 1. The van der Waals surface area contributed by atoms with Gasteiger partial charge in [0.1, 0.15) is 5.75 Å². The van der Waals surface area contributed by atoms with Crippen LogP contribution in [0.15, 0.2) is 24.3 Å². The molecule has 5 nitrogen and oxygen atoms in total. The van der Waals surface area contributed by atoms with E-state index in [1.807, 2.05) is 29.2 Å². The van der Waals surface area contributed by atoms with Crippen molar-refractivity contribution in [2.24, 2.45) is 0 Å². The minimum Gasteiger partial charge on any atom is -0.496 e. The van der Waals surface area contributed by atoms with Crippen LogP contribution in [0.5, 0.6) is 5.75 Å². The van der Waals surface area contributed by atoms with E-state index >= 15 is 0 Å². The quantitative estimate of drug-likeness (QED) is 0.891. The van der Waals surface area contributed by atoms with E-state index in [1.165, 1.54) is 19.3 Å². The molecule has 0 bridgehead atoms. The smallest absolute Gasteiger partial charge is 0.223 e. The average molecular weight is 332 g/mol. The van der Waals surface area contributed by atoms with Crippen LogP contribution in [0.3, 0.4) is 0 Å². The topological polar surface area (TPSA) is 53.0 Å². The molecule has 0 unspecified atom stereocenters. The molecule has 1 N–H and O–H groups in total. The summed E-state index contributed by atoms with van der Waals surface area (Å²) >= 11 is 0. The summed E-state index contributed by atoms with van der Waals surface area (Å²) in [7, 11) is 1.65. The van der Waals surface area contributed by atoms with Crippen LogP contribution >= 0.6 is 0 Å². The van der Waals surface area contributed by atoms with Crippen molar-refractivity contribution in [2.45, 2.75) is 44.2 Å². The largest absolute Gasteiger partial charge is 0.496 e. The van der Waals surface area contributed by atoms with Gasteiger partial charge in [-0.05, 0) is 44.0 Å². The highest BCUT2D eigenvalue weighted by Crippen LogP contribution is 2.23. The Balaban J connectivity index is 1.54. The lowest BCUT2D eigenvalue weighted by molar-refractivity contribution is -0.130. The van der Waals surface area contributed by atoms with Crippen LogP contribution in [-0.4, -0.2) is 66.2 Å². The normalized spacial score (nSPS) is 25.0. The van der Waals surface area contributed by atoms with Crippen molar-refractivity contribution in [1.82, 2.24) is 9.80 Å². The first-order valence-electron chi connectivity index (χ1n) is 9.01. The van der Waals surface area contributed by atoms with Crippen molar-refractivity contribution in [1.29, 1.82) is 0 Å². The van der Waals surface area contributed by atoms with Gasteiger partial charge in [0, 0.05) is 19.5 Å². The maximum absolute atomic E-state index is 12.5. The molecule has 1 aromatic carbocycles. The van der Waals surface area contributed by atoms with E-state index in [-0.39, 0.29) is 11.9 Å². The Morgan fingerprint density at radius 2 is 1.96 bits per heavy atom. The number of rotatable bonds is 5. The maximum atomic E-state index is 12.5. The molecule has 24 heavy (non-hydrogen) atoms. The first-order chi connectivity index (χ1) is 11.7. The van der Waals surface area contributed by atoms with Crippen LogP contribution in [0.1, 0.15) is 31.2 Å². The number of piperidine rings is 1. The Hall–Kier alpha value is -1.59. The number of benzene rings is 1. The number of ether oxygens (including phenoxy) is 1. The van der Waals surface area contributed by atoms with Gasteiger partial charge in [-0.1, -0.05) is 24.6 Å². The van der Waals surface area contributed by atoms with E-state index in [2.05, 4.69) is 4.90 Å². The van der Waals surface area contributed by atoms with Crippen LogP contribution in [0.4, 0.5) is 0 Å². The molecule has 5 heteroatoms. The van der Waals surface area contributed by atoms with Crippen LogP contribution in [0, 0.1) is 0 Å². The summed E-state index contributed by atoms with van der Waals surface area (Å²) in [6.07, 6.45) is 4.39. The van der Waals surface area contributed by atoms with Crippen molar-refractivity contribution in [2.75, 3.05) is 33.3 Å². The Kier molecular flexibility index (Phi) is 5.74. The van der Waals surface area contributed by atoms with Crippen molar-refractivity contribution in [3.05, 3.63) is 29.8 Å². The third kappa shape index (κ3) is 3.90. The summed E-state index contributed by atoms with van der Waals surface area (Å²) in [5, 5.41) is 10.4. The minimum atomic E-state index is -0.418. The zero-order valence-electron chi connectivity index (χ0n) is 14.5. The first-order valence-corrected chi connectivity index (χ1v) is 9.01. The highest BCUT2D eigenvalue weighted by molar-refractivity contribution is 5.77. The van der Waals surface area contributed by atoms with E-state index in [4.69, 9.17) is 4.74 Å². The molecule has 2 aliphatic rings. The minimum absolute atomic E-state index is 0.112. The summed E-state index contributed by atoms with van der Waals surface area (Å²) in [6.45, 7) is 3.22. The maximum Gasteiger partial charge on any atom is 0.223 e. The van der Waals surface area contributed by atoms with Crippen molar-refractivity contribution in [3.63, 3.8) is 0 Å². The lowest BCUT2D eigenvalue weighted by Gasteiger charge is -2.33. The van der Waals surface area contributed by atoms with Gasteiger partial charge in [-0.25, -0.2) is 0 Å². The molecule has 0 radical (unpaired) electrons. The summed E-state index contributed by atoms with van der Waals surface area (Å²) in [5.74, 6) is 0.956. The number of nitrogens with zero attached hydrogens (tertiary/aromatic N) is 2. The summed E-state index contributed by atoms with van der Waals surface area (Å²) in [4.78, 5) is 16.7. The van der Waals surface area contributed by atoms with Gasteiger partial charge in [0.15, 0.2) is 0 Å². The van der Waals surface area contributed by atoms with Crippen molar-refractivity contribution < 1.29 is 14.6 Å². The molecule has 3 rings (SSSR count). The molecule has 1 amide bonds. The van der Waals surface area contributed by atoms with Gasteiger partial charge in [0.2, 0.25) is 5.91 Å². The second kappa shape index (κ2) is 7.99. The van der Waals surface area contributed by atoms with Gasteiger partial charge in [-0.3, -0.25) is 9.69 Å². The zero-order valence-corrected chi connectivity index (χ0v) is 14.5. The monoisotopic (exact) mass is 332 g/mol. The third-order valence-electron chi connectivity index (χ3n) is 5.27. The van der Waals surface area contributed by atoms with Crippen molar-refractivity contribution >= 4 is 5.91 Å². The second-order valence-electron chi connectivity index (χ2n) is 6.84. The lowest BCUT2D eigenvalue weighted by atomic mass is 10.1. The van der Waals surface area contributed by atoms with Crippen LogP contribution in [0.2, 0.25) is 0 Å². The fourth-order valence-electron chi connectivity index (χ4n) is 3.89. The van der Waals surface area contributed by atoms with Gasteiger partial charge >= 0.3 is 0 Å². The number of aliphatic hydroxyl groups is 1. The van der Waals surface area contributed by atoms with Crippen LogP contribution in [-0.2, 0) is 11.2 Å². The van der Waals surface area contributed by atoms with Crippen LogP contribution in [0.25, 0.3) is 0 Å². The molecule has 0 aliphatic carbocycles. The number of aliphatic hydroxyl groups excluding tert-OH is 1. The van der Waals surface area contributed by atoms with E-state index in [0.29, 0.717) is 25.9 Å². The Morgan fingerprint density at radius 1 is 1.21 bits per heavy atom. The summed E-state index contributed by atoms with van der Waals surface area (Å²) in [6, 6.07) is 7.94. The fraction of sp³-hybridized carbons (Fsp3) is 0.632. The average Bonchev–Trinajstić information content (AvgIpc) is 3.02. The predicted octanol–water partition coefficient (Wildman–Crippen LogP) is 1.69. The standard InChI is InChI=1S/C19H28N2O3/c1-24-18-8-4-3-7-15(18)9-10-19(23)21-13-16(17(22)14-21)20-11-5-2-6-12-20/h3-4,7-8,16-17,22H,2,5-6,9-14H2,1H3/t16-,17-/m0/s1. The highest BCUT2D eigenvalue weighted by Gasteiger charge is 2.37. The molecule has 2 saturated heterocycles. The van der Waals surface area contributed by atoms with E-state index in [0.717, 1.165) is 24.4 Å². The number of aryl methyl sites for hydroxylation is 1. The molecule has 0 aromatic heterocycles. The molecule has 2 heterocycles. The summed E-state index contributed by atoms with van der Waals surface area (Å²) in [5.41, 5.74) is 1.06. The number of methoxy groups -OCH3 is 1. The summed E-state index contributed by atoms with van der Waals surface area (Å²) < 4.78 is 5.34. The van der Waals surface area contributed by atoms with Gasteiger partial charge < -0.3 is 14.7 Å². The van der Waals surface area contributed by atoms with Crippen LogP contribution < -0.4 is 4.74 Å². The number of carbonyl (C=O) groups is 1. The molecule has 132 valence electrons. The second-order valence-corrected chi connectivity index (χ2v) is 6.84.